The van der Waals surface area contributed by atoms with Crippen LogP contribution in [0, 0.1) is 0 Å². The van der Waals surface area contributed by atoms with Gasteiger partial charge < -0.3 is 9.47 Å². The third-order valence-corrected chi connectivity index (χ3v) is 4.15. The summed E-state index contributed by atoms with van der Waals surface area (Å²) in [5.41, 5.74) is 0.0450. The fourth-order valence-electron chi connectivity index (χ4n) is 2.04. The smallest absolute Gasteiger partial charge is 0.350 e. The summed E-state index contributed by atoms with van der Waals surface area (Å²) < 4.78 is 10.3. The summed E-state index contributed by atoms with van der Waals surface area (Å²) in [6, 6.07) is 7.50. The molecule has 2 rings (SSSR count). The predicted octanol–water partition coefficient (Wildman–Crippen LogP) is 4.46. The highest BCUT2D eigenvalue weighted by Gasteiger charge is 2.52. The topological polar surface area (TPSA) is 35.5 Å². The molecule has 1 aliphatic rings. The SMILES string of the molecule is CC(C)OC(=O)C(C)(C)Oc1ccc(C2CC2(Cl)Cl)cc1. The van der Waals surface area contributed by atoms with Crippen molar-refractivity contribution in [2.24, 2.45) is 0 Å². The summed E-state index contributed by atoms with van der Waals surface area (Å²) in [6.45, 7) is 7.00. The van der Waals surface area contributed by atoms with E-state index in [0.29, 0.717) is 5.75 Å². The normalized spacial score (nSPS) is 20.2. The molecule has 0 spiro atoms. The summed E-state index contributed by atoms with van der Waals surface area (Å²) >= 11 is 12.1. The molecular formula is C16H20Cl2O3. The molecule has 21 heavy (non-hydrogen) atoms. The van der Waals surface area contributed by atoms with Crippen molar-refractivity contribution in [3.05, 3.63) is 29.8 Å². The van der Waals surface area contributed by atoms with Crippen LogP contribution in [-0.4, -0.2) is 22.0 Å². The number of carbonyl (C=O) groups excluding carboxylic acids is 1. The van der Waals surface area contributed by atoms with E-state index in [-0.39, 0.29) is 18.0 Å². The molecule has 1 aromatic carbocycles. The Kier molecular flexibility index (Phi) is 4.46. The molecule has 0 saturated heterocycles. The number of rotatable bonds is 5. The van der Waals surface area contributed by atoms with Gasteiger partial charge in [-0.15, -0.1) is 23.2 Å². The highest BCUT2D eigenvalue weighted by atomic mass is 35.5. The molecule has 0 amide bonds. The molecule has 3 nitrogen and oxygen atoms in total. The predicted molar refractivity (Wildman–Crippen MR) is 84.2 cm³/mol. The van der Waals surface area contributed by atoms with Crippen molar-refractivity contribution >= 4 is 29.2 Å². The molecule has 0 bridgehead atoms. The van der Waals surface area contributed by atoms with Gasteiger partial charge in [-0.1, -0.05) is 12.1 Å². The van der Waals surface area contributed by atoms with E-state index in [1.54, 1.807) is 13.8 Å². The molecule has 1 unspecified atom stereocenters. The Morgan fingerprint density at radius 3 is 2.24 bits per heavy atom. The van der Waals surface area contributed by atoms with Gasteiger partial charge in [-0.05, 0) is 51.8 Å². The molecule has 0 N–H and O–H groups in total. The Bertz CT molecular complexity index is 521. The fourth-order valence-corrected chi connectivity index (χ4v) is 2.60. The van der Waals surface area contributed by atoms with Crippen LogP contribution >= 0.6 is 23.2 Å². The van der Waals surface area contributed by atoms with Crippen molar-refractivity contribution in [3.8, 4) is 5.75 Å². The minimum atomic E-state index is -1.03. The molecule has 0 aromatic heterocycles. The molecule has 1 aliphatic carbocycles. The van der Waals surface area contributed by atoms with Crippen molar-refractivity contribution < 1.29 is 14.3 Å². The van der Waals surface area contributed by atoms with Crippen molar-refractivity contribution in [3.63, 3.8) is 0 Å². The van der Waals surface area contributed by atoms with Gasteiger partial charge in [0.15, 0.2) is 5.60 Å². The maximum absolute atomic E-state index is 12.0. The monoisotopic (exact) mass is 330 g/mol. The molecule has 1 saturated carbocycles. The second kappa shape index (κ2) is 5.69. The third kappa shape index (κ3) is 4.04. The molecule has 0 radical (unpaired) electrons. The summed E-state index contributed by atoms with van der Waals surface area (Å²) in [5, 5.41) is 0. The van der Waals surface area contributed by atoms with Gasteiger partial charge in [-0.3, -0.25) is 0 Å². The largest absolute Gasteiger partial charge is 0.476 e. The van der Waals surface area contributed by atoms with E-state index in [2.05, 4.69) is 0 Å². The minimum absolute atomic E-state index is 0.168. The maximum atomic E-state index is 12.0. The van der Waals surface area contributed by atoms with Crippen LogP contribution in [0.4, 0.5) is 0 Å². The second-order valence-corrected chi connectivity index (χ2v) is 7.70. The number of esters is 1. The molecule has 1 atom stereocenters. The van der Waals surface area contributed by atoms with Gasteiger partial charge in [0.2, 0.25) is 0 Å². The van der Waals surface area contributed by atoms with Crippen LogP contribution in [0.25, 0.3) is 0 Å². The highest BCUT2D eigenvalue weighted by Crippen LogP contribution is 2.59. The van der Waals surface area contributed by atoms with E-state index in [4.69, 9.17) is 32.7 Å². The van der Waals surface area contributed by atoms with Crippen LogP contribution in [0.2, 0.25) is 0 Å². The minimum Gasteiger partial charge on any atom is -0.476 e. The first-order valence-electron chi connectivity index (χ1n) is 7.00. The summed E-state index contributed by atoms with van der Waals surface area (Å²) in [4.78, 5) is 12.0. The Morgan fingerprint density at radius 2 is 1.81 bits per heavy atom. The number of alkyl halides is 2. The standard InChI is InChI=1S/C16H20Cl2O3/c1-10(2)20-14(19)15(3,4)21-12-7-5-11(6-8-12)13-9-16(13,17)18/h5-8,10,13H,9H2,1-4H3. The Hall–Kier alpha value is -0.930. The zero-order valence-corrected chi connectivity index (χ0v) is 14.2. The van der Waals surface area contributed by atoms with Crippen molar-refractivity contribution in [2.45, 2.75) is 56.1 Å². The fraction of sp³-hybridized carbons (Fsp3) is 0.562. The highest BCUT2D eigenvalue weighted by molar-refractivity contribution is 6.51. The van der Waals surface area contributed by atoms with E-state index >= 15 is 0 Å². The molecule has 116 valence electrons. The number of hydrogen-bond donors (Lipinski definition) is 0. The lowest BCUT2D eigenvalue weighted by Gasteiger charge is -2.25. The van der Waals surface area contributed by atoms with Gasteiger partial charge in [-0.2, -0.15) is 0 Å². The van der Waals surface area contributed by atoms with Crippen molar-refractivity contribution in [1.29, 1.82) is 0 Å². The maximum Gasteiger partial charge on any atom is 0.350 e. The van der Waals surface area contributed by atoms with E-state index in [9.17, 15) is 4.79 Å². The summed E-state index contributed by atoms with van der Waals surface area (Å²) in [5.74, 6) is 0.401. The van der Waals surface area contributed by atoms with Crippen molar-refractivity contribution in [2.75, 3.05) is 0 Å². The Morgan fingerprint density at radius 1 is 1.29 bits per heavy atom. The van der Waals surface area contributed by atoms with Crippen LogP contribution in [0.3, 0.4) is 0 Å². The van der Waals surface area contributed by atoms with E-state index in [0.717, 1.165) is 12.0 Å². The average molecular weight is 331 g/mol. The van der Waals surface area contributed by atoms with Crippen LogP contribution in [0.15, 0.2) is 24.3 Å². The zero-order valence-electron chi connectivity index (χ0n) is 12.7. The molecule has 5 heteroatoms. The van der Waals surface area contributed by atoms with E-state index in [1.807, 2.05) is 38.1 Å². The van der Waals surface area contributed by atoms with Crippen LogP contribution in [0.5, 0.6) is 5.75 Å². The molecular weight excluding hydrogens is 311 g/mol. The van der Waals surface area contributed by atoms with Crippen LogP contribution in [0.1, 0.15) is 45.6 Å². The Balaban J connectivity index is 2.01. The first-order chi connectivity index (χ1) is 9.62. The average Bonchev–Trinajstić information content (AvgIpc) is 2.98. The second-order valence-electron chi connectivity index (χ2n) is 6.15. The number of ether oxygens (including phenoxy) is 2. The van der Waals surface area contributed by atoms with E-state index < -0.39 is 9.93 Å². The number of hydrogen-bond acceptors (Lipinski definition) is 3. The molecule has 0 aliphatic heterocycles. The molecule has 1 aromatic rings. The zero-order chi connectivity index (χ0) is 15.8. The first-order valence-corrected chi connectivity index (χ1v) is 7.75. The molecule has 0 heterocycles. The lowest BCUT2D eigenvalue weighted by Crippen LogP contribution is -2.40. The summed E-state index contributed by atoms with van der Waals surface area (Å²) in [7, 11) is 0. The number of benzene rings is 1. The van der Waals surface area contributed by atoms with Gasteiger partial charge in [-0.25, -0.2) is 4.79 Å². The third-order valence-electron chi connectivity index (χ3n) is 3.32. The molecule has 1 fully saturated rings. The Labute approximate surface area is 135 Å². The van der Waals surface area contributed by atoms with Gasteiger partial charge in [0.1, 0.15) is 10.1 Å². The van der Waals surface area contributed by atoms with Gasteiger partial charge in [0, 0.05) is 5.92 Å². The quantitative estimate of drug-likeness (QED) is 0.590. The van der Waals surface area contributed by atoms with Crippen LogP contribution < -0.4 is 4.74 Å². The number of halogens is 2. The number of carbonyl (C=O) groups is 1. The lowest BCUT2D eigenvalue weighted by molar-refractivity contribution is -0.163. The van der Waals surface area contributed by atoms with Gasteiger partial charge >= 0.3 is 5.97 Å². The first kappa shape index (κ1) is 16.4. The lowest BCUT2D eigenvalue weighted by atomic mass is 10.1. The van der Waals surface area contributed by atoms with Gasteiger partial charge in [0.25, 0.3) is 0 Å². The van der Waals surface area contributed by atoms with E-state index in [1.165, 1.54) is 0 Å². The summed E-state index contributed by atoms with van der Waals surface area (Å²) in [6.07, 6.45) is 0.598. The van der Waals surface area contributed by atoms with Crippen molar-refractivity contribution in [1.82, 2.24) is 0 Å². The van der Waals surface area contributed by atoms with Crippen LogP contribution in [-0.2, 0) is 9.53 Å². The van der Waals surface area contributed by atoms with Gasteiger partial charge in [0.05, 0.1) is 6.10 Å².